The first-order chi connectivity index (χ1) is 10.0. The zero-order valence-corrected chi connectivity index (χ0v) is 13.0. The van der Waals surface area contributed by atoms with Crippen LogP contribution < -0.4 is 5.32 Å². The van der Waals surface area contributed by atoms with Crippen LogP contribution in [0.5, 0.6) is 0 Å². The molecule has 0 heterocycles. The van der Waals surface area contributed by atoms with E-state index in [-0.39, 0.29) is 16.4 Å². The fraction of sp³-hybridized carbons (Fsp3) is 0.200. The van der Waals surface area contributed by atoms with Crippen LogP contribution in [0.2, 0.25) is 0 Å². The summed E-state index contributed by atoms with van der Waals surface area (Å²) in [5, 5.41) is 14.1. The highest BCUT2D eigenvalue weighted by Gasteiger charge is 2.13. The molecule has 0 aliphatic rings. The number of benzene rings is 2. The van der Waals surface area contributed by atoms with Crippen molar-refractivity contribution < 1.29 is 9.31 Å². The first-order valence-electron chi connectivity index (χ1n) is 6.46. The number of nitrogens with zero attached hydrogens (tertiary/aromatic N) is 1. The van der Waals surface area contributed by atoms with Gasteiger partial charge in [-0.05, 0) is 36.2 Å². The molecule has 0 saturated carbocycles. The number of anilines is 1. The minimum Gasteiger partial charge on any atom is -0.381 e. The Balaban J connectivity index is 2.18. The Morgan fingerprint density at radius 3 is 2.67 bits per heavy atom. The van der Waals surface area contributed by atoms with Crippen LogP contribution in [-0.2, 0) is 13.0 Å². The van der Waals surface area contributed by atoms with Gasteiger partial charge in [-0.1, -0.05) is 28.9 Å². The van der Waals surface area contributed by atoms with Gasteiger partial charge in [0.1, 0.15) is 5.82 Å². The maximum Gasteiger partial charge on any atom is 0.274 e. The van der Waals surface area contributed by atoms with Gasteiger partial charge in [-0.15, -0.1) is 0 Å². The predicted octanol–water partition coefficient (Wildman–Crippen LogP) is 4.67. The molecule has 0 atom stereocenters. The number of nitro groups is 1. The summed E-state index contributed by atoms with van der Waals surface area (Å²) in [4.78, 5) is 10.6. The fourth-order valence-corrected chi connectivity index (χ4v) is 2.41. The second-order valence-corrected chi connectivity index (χ2v) is 5.40. The number of halogens is 2. The lowest BCUT2D eigenvalue weighted by Gasteiger charge is -2.09. The fourth-order valence-electron chi connectivity index (χ4n) is 2.02. The molecule has 0 bridgehead atoms. The van der Waals surface area contributed by atoms with E-state index in [1.807, 2.05) is 6.92 Å². The van der Waals surface area contributed by atoms with E-state index >= 15 is 0 Å². The maximum atomic E-state index is 13.2. The summed E-state index contributed by atoms with van der Waals surface area (Å²) in [6, 6.07) is 9.46. The van der Waals surface area contributed by atoms with Crippen molar-refractivity contribution in [2.45, 2.75) is 19.9 Å². The third-order valence-electron chi connectivity index (χ3n) is 3.15. The average Bonchev–Trinajstić information content (AvgIpc) is 2.47. The molecule has 0 saturated heterocycles. The van der Waals surface area contributed by atoms with Crippen LogP contribution >= 0.6 is 15.9 Å². The first-order valence-corrected chi connectivity index (χ1v) is 7.25. The lowest BCUT2D eigenvalue weighted by molar-refractivity contribution is -0.385. The highest BCUT2D eigenvalue weighted by molar-refractivity contribution is 9.10. The average molecular weight is 353 g/mol. The van der Waals surface area contributed by atoms with Gasteiger partial charge in [-0.25, -0.2) is 4.39 Å². The van der Waals surface area contributed by atoms with Gasteiger partial charge in [0.25, 0.3) is 5.69 Å². The van der Waals surface area contributed by atoms with Crippen LogP contribution in [0.15, 0.2) is 40.9 Å². The van der Waals surface area contributed by atoms with E-state index in [4.69, 9.17) is 0 Å². The zero-order valence-electron chi connectivity index (χ0n) is 11.4. The number of nitro benzene ring substituents is 1. The quantitative estimate of drug-likeness (QED) is 0.628. The summed E-state index contributed by atoms with van der Waals surface area (Å²) in [6.07, 6.45) is 0.603. The van der Waals surface area contributed by atoms with E-state index in [1.165, 1.54) is 18.2 Å². The number of rotatable bonds is 5. The molecule has 0 radical (unpaired) electrons. The van der Waals surface area contributed by atoms with Crippen molar-refractivity contribution in [2.24, 2.45) is 0 Å². The van der Waals surface area contributed by atoms with Crippen LogP contribution in [0.4, 0.5) is 15.8 Å². The van der Waals surface area contributed by atoms with Gasteiger partial charge in [0.05, 0.1) is 4.92 Å². The number of nitrogens with one attached hydrogen (secondary N) is 1. The second kappa shape index (κ2) is 6.67. The van der Waals surface area contributed by atoms with Gasteiger partial charge >= 0.3 is 0 Å². The summed E-state index contributed by atoms with van der Waals surface area (Å²) < 4.78 is 14.0. The van der Waals surface area contributed by atoms with Crippen LogP contribution in [0.25, 0.3) is 0 Å². The highest BCUT2D eigenvalue weighted by atomic mass is 79.9. The van der Waals surface area contributed by atoms with E-state index in [0.29, 0.717) is 24.2 Å². The number of hydrogen-bond donors (Lipinski definition) is 1. The topological polar surface area (TPSA) is 55.2 Å². The van der Waals surface area contributed by atoms with Crippen molar-refractivity contribution in [1.29, 1.82) is 0 Å². The molecule has 0 unspecified atom stereocenters. The Kier molecular flexibility index (Phi) is 4.90. The third-order valence-corrected chi connectivity index (χ3v) is 3.93. The molecular weight excluding hydrogens is 339 g/mol. The monoisotopic (exact) mass is 352 g/mol. The van der Waals surface area contributed by atoms with E-state index in [1.54, 1.807) is 18.2 Å². The molecular formula is C15H14BrFN2O2. The summed E-state index contributed by atoms with van der Waals surface area (Å²) in [5.41, 5.74) is 2.17. The Labute approximate surface area is 130 Å². The standard InChI is InChI=1S/C15H14BrFN2O2/c1-2-10-3-5-13(8-15(10)19(20)21)18-9-11-7-12(17)4-6-14(11)16/h3-8,18H,2,9H2,1H3. The molecule has 2 aromatic rings. The van der Waals surface area contributed by atoms with Crippen molar-refractivity contribution in [3.63, 3.8) is 0 Å². The van der Waals surface area contributed by atoms with Crippen LogP contribution in [0.3, 0.4) is 0 Å². The number of hydrogen-bond acceptors (Lipinski definition) is 3. The van der Waals surface area contributed by atoms with Crippen LogP contribution in [0, 0.1) is 15.9 Å². The van der Waals surface area contributed by atoms with E-state index < -0.39 is 0 Å². The summed E-state index contributed by atoms with van der Waals surface area (Å²) in [5.74, 6) is -0.317. The zero-order chi connectivity index (χ0) is 15.4. The normalized spacial score (nSPS) is 10.4. The Morgan fingerprint density at radius 1 is 1.24 bits per heavy atom. The third kappa shape index (κ3) is 3.78. The summed E-state index contributed by atoms with van der Waals surface area (Å²) in [7, 11) is 0. The molecule has 0 aromatic heterocycles. The van der Waals surface area contributed by atoms with Gasteiger partial charge in [-0.2, -0.15) is 0 Å². The molecule has 4 nitrogen and oxygen atoms in total. The SMILES string of the molecule is CCc1ccc(NCc2cc(F)ccc2Br)cc1[N+](=O)[O-]. The Hall–Kier alpha value is -1.95. The lowest BCUT2D eigenvalue weighted by atomic mass is 10.1. The van der Waals surface area contributed by atoms with Crippen LogP contribution in [0.1, 0.15) is 18.1 Å². The van der Waals surface area contributed by atoms with E-state index in [2.05, 4.69) is 21.2 Å². The summed E-state index contributed by atoms with van der Waals surface area (Å²) in [6.45, 7) is 2.25. The Morgan fingerprint density at radius 2 is 2.00 bits per heavy atom. The second-order valence-electron chi connectivity index (χ2n) is 4.54. The van der Waals surface area contributed by atoms with Gasteiger partial charge in [0, 0.05) is 28.3 Å². The first kappa shape index (κ1) is 15.4. The minimum atomic E-state index is -0.387. The number of aryl methyl sites for hydroxylation is 1. The molecule has 0 spiro atoms. The van der Waals surface area contributed by atoms with Gasteiger partial charge in [0.15, 0.2) is 0 Å². The van der Waals surface area contributed by atoms with Crippen molar-refractivity contribution in [3.8, 4) is 0 Å². The van der Waals surface area contributed by atoms with Gasteiger partial charge < -0.3 is 5.32 Å². The molecule has 0 aliphatic heterocycles. The molecule has 6 heteroatoms. The largest absolute Gasteiger partial charge is 0.381 e. The van der Waals surface area contributed by atoms with Crippen LogP contribution in [-0.4, -0.2) is 4.92 Å². The van der Waals surface area contributed by atoms with E-state index in [0.717, 1.165) is 10.0 Å². The van der Waals surface area contributed by atoms with Crippen molar-refractivity contribution in [3.05, 3.63) is 67.9 Å². The Bertz CT molecular complexity index is 677. The van der Waals surface area contributed by atoms with E-state index in [9.17, 15) is 14.5 Å². The molecule has 0 amide bonds. The van der Waals surface area contributed by atoms with Gasteiger partial charge in [-0.3, -0.25) is 10.1 Å². The molecule has 110 valence electrons. The van der Waals surface area contributed by atoms with Crippen molar-refractivity contribution >= 4 is 27.3 Å². The predicted molar refractivity (Wildman–Crippen MR) is 83.9 cm³/mol. The summed E-state index contributed by atoms with van der Waals surface area (Å²) >= 11 is 3.35. The molecule has 0 aliphatic carbocycles. The smallest absolute Gasteiger partial charge is 0.274 e. The molecule has 0 fully saturated rings. The lowest BCUT2D eigenvalue weighted by Crippen LogP contribution is -2.02. The van der Waals surface area contributed by atoms with Crippen molar-refractivity contribution in [1.82, 2.24) is 0 Å². The van der Waals surface area contributed by atoms with Gasteiger partial charge in [0.2, 0.25) is 0 Å². The highest BCUT2D eigenvalue weighted by Crippen LogP contribution is 2.25. The molecule has 2 aromatic carbocycles. The molecule has 2 rings (SSSR count). The molecule has 21 heavy (non-hydrogen) atoms. The molecule has 1 N–H and O–H groups in total. The minimum absolute atomic E-state index is 0.0980. The maximum absolute atomic E-state index is 13.2. The van der Waals surface area contributed by atoms with Crippen molar-refractivity contribution in [2.75, 3.05) is 5.32 Å².